The normalized spacial score (nSPS) is 17.1. The van der Waals surface area contributed by atoms with Crippen LogP contribution in [0.15, 0.2) is 0 Å². The third-order valence-corrected chi connectivity index (χ3v) is 4.65. The molecule has 0 N–H and O–H groups in total. The van der Waals surface area contributed by atoms with E-state index in [1.165, 1.54) is 82.5 Å². The van der Waals surface area contributed by atoms with Gasteiger partial charge < -0.3 is 4.90 Å². The van der Waals surface area contributed by atoms with Gasteiger partial charge in [-0.15, -0.1) is 0 Å². The van der Waals surface area contributed by atoms with Crippen LogP contribution < -0.4 is 0 Å². The molecule has 1 nitrogen and oxygen atoms in total. The third kappa shape index (κ3) is 7.46. The molecule has 1 aliphatic carbocycles. The van der Waals surface area contributed by atoms with Crippen LogP contribution in [0.2, 0.25) is 0 Å². The number of unbranched alkanes of at least 4 members (excludes halogenated alkanes) is 6. The Bertz CT molecular complexity index is 166. The van der Waals surface area contributed by atoms with Gasteiger partial charge >= 0.3 is 0 Å². The summed E-state index contributed by atoms with van der Waals surface area (Å²) in [5.41, 5.74) is 0. The Kier molecular flexibility index (Phi) is 9.45. The van der Waals surface area contributed by atoms with Gasteiger partial charge in [-0.25, -0.2) is 0 Å². The van der Waals surface area contributed by atoms with Gasteiger partial charge in [-0.2, -0.15) is 0 Å². The number of halogens is 1. The largest absolute Gasteiger partial charge is 0.303 e. The highest BCUT2D eigenvalue weighted by Crippen LogP contribution is 2.22. The number of rotatable bonds is 10. The number of hydrogen-bond acceptors (Lipinski definition) is 1. The molecule has 0 amide bonds. The van der Waals surface area contributed by atoms with Crippen molar-refractivity contribution >= 4 is 15.9 Å². The van der Waals surface area contributed by atoms with E-state index in [-0.39, 0.29) is 0 Å². The Morgan fingerprint density at radius 1 is 0.882 bits per heavy atom. The predicted molar refractivity (Wildman–Crippen MR) is 81.0 cm³/mol. The van der Waals surface area contributed by atoms with Crippen molar-refractivity contribution in [2.75, 3.05) is 18.9 Å². The van der Waals surface area contributed by atoms with Gasteiger partial charge in [0.05, 0.1) is 0 Å². The van der Waals surface area contributed by atoms with Gasteiger partial charge in [-0.05, 0) is 39.3 Å². The van der Waals surface area contributed by atoms with Gasteiger partial charge in [-0.1, -0.05) is 60.9 Å². The standard InChI is InChI=1S/C15H30BrN/c1-17(15-11-7-8-12-15)14-10-6-4-2-3-5-9-13-16/h15H,2-14H2,1H3. The quantitative estimate of drug-likeness (QED) is 0.406. The highest BCUT2D eigenvalue weighted by molar-refractivity contribution is 9.09. The maximum Gasteiger partial charge on any atom is 0.00922 e. The smallest absolute Gasteiger partial charge is 0.00922 e. The SMILES string of the molecule is CN(CCCCCCCCCBr)C1CCCC1. The van der Waals surface area contributed by atoms with Crippen LogP contribution >= 0.6 is 15.9 Å². The van der Waals surface area contributed by atoms with Crippen LogP contribution in [0.25, 0.3) is 0 Å². The van der Waals surface area contributed by atoms with E-state index in [2.05, 4.69) is 27.9 Å². The van der Waals surface area contributed by atoms with Crippen LogP contribution in [0.3, 0.4) is 0 Å². The van der Waals surface area contributed by atoms with E-state index in [4.69, 9.17) is 0 Å². The average molecular weight is 304 g/mol. The summed E-state index contributed by atoms with van der Waals surface area (Å²) in [6.45, 7) is 1.33. The van der Waals surface area contributed by atoms with Crippen molar-refractivity contribution < 1.29 is 0 Å². The summed E-state index contributed by atoms with van der Waals surface area (Å²) in [5, 5.41) is 1.18. The highest BCUT2D eigenvalue weighted by Gasteiger charge is 2.18. The molecule has 0 aromatic heterocycles. The van der Waals surface area contributed by atoms with Gasteiger partial charge in [0, 0.05) is 11.4 Å². The molecule has 17 heavy (non-hydrogen) atoms. The molecule has 0 heterocycles. The summed E-state index contributed by atoms with van der Waals surface area (Å²) >= 11 is 3.49. The van der Waals surface area contributed by atoms with Gasteiger partial charge in [0.15, 0.2) is 0 Å². The van der Waals surface area contributed by atoms with Crippen LogP contribution in [0.5, 0.6) is 0 Å². The van der Waals surface area contributed by atoms with Crippen LogP contribution in [-0.2, 0) is 0 Å². The van der Waals surface area contributed by atoms with Crippen molar-refractivity contribution in [3.63, 3.8) is 0 Å². The molecule has 0 unspecified atom stereocenters. The summed E-state index contributed by atoms with van der Waals surface area (Å²) < 4.78 is 0. The molecule has 0 radical (unpaired) electrons. The van der Waals surface area contributed by atoms with E-state index in [0.717, 1.165) is 6.04 Å². The third-order valence-electron chi connectivity index (χ3n) is 4.09. The van der Waals surface area contributed by atoms with E-state index in [9.17, 15) is 0 Å². The fourth-order valence-electron chi connectivity index (χ4n) is 2.87. The Morgan fingerprint density at radius 2 is 1.41 bits per heavy atom. The molecule has 1 aliphatic rings. The second-order valence-electron chi connectivity index (χ2n) is 5.58. The molecular weight excluding hydrogens is 274 g/mol. The molecule has 0 aliphatic heterocycles. The van der Waals surface area contributed by atoms with Crippen molar-refractivity contribution in [2.45, 2.75) is 76.7 Å². The monoisotopic (exact) mass is 303 g/mol. The van der Waals surface area contributed by atoms with Crippen LogP contribution in [-0.4, -0.2) is 29.9 Å². The lowest BCUT2D eigenvalue weighted by Crippen LogP contribution is -2.29. The first-order valence-corrected chi connectivity index (χ1v) is 8.73. The van der Waals surface area contributed by atoms with Gasteiger partial charge in [0.25, 0.3) is 0 Å². The molecule has 0 atom stereocenters. The second kappa shape index (κ2) is 10.4. The molecule has 0 aromatic rings. The Morgan fingerprint density at radius 3 is 2.00 bits per heavy atom. The van der Waals surface area contributed by atoms with E-state index in [0.29, 0.717) is 0 Å². The van der Waals surface area contributed by atoms with Crippen LogP contribution in [0.1, 0.15) is 70.6 Å². The fourth-order valence-corrected chi connectivity index (χ4v) is 3.26. The first kappa shape index (κ1) is 15.5. The summed E-state index contributed by atoms with van der Waals surface area (Å²) in [4.78, 5) is 2.61. The molecule has 2 heteroatoms. The van der Waals surface area contributed by atoms with Crippen molar-refractivity contribution in [3.05, 3.63) is 0 Å². The van der Waals surface area contributed by atoms with E-state index >= 15 is 0 Å². The molecule has 1 fully saturated rings. The van der Waals surface area contributed by atoms with Crippen molar-refractivity contribution in [2.24, 2.45) is 0 Å². The summed E-state index contributed by atoms with van der Waals surface area (Å²) in [6, 6.07) is 0.911. The molecule has 0 saturated heterocycles. The lowest BCUT2D eigenvalue weighted by molar-refractivity contribution is 0.240. The van der Waals surface area contributed by atoms with Crippen molar-refractivity contribution in [1.29, 1.82) is 0 Å². The summed E-state index contributed by atoms with van der Waals surface area (Å²) in [6.07, 6.45) is 15.7. The summed E-state index contributed by atoms with van der Waals surface area (Å²) in [7, 11) is 2.33. The van der Waals surface area contributed by atoms with E-state index in [1.54, 1.807) is 0 Å². The predicted octanol–water partition coefficient (Wildman–Crippen LogP) is 4.99. The van der Waals surface area contributed by atoms with Crippen molar-refractivity contribution in [3.8, 4) is 0 Å². The molecule has 0 aromatic carbocycles. The molecule has 102 valence electrons. The summed E-state index contributed by atoms with van der Waals surface area (Å²) in [5.74, 6) is 0. The highest BCUT2D eigenvalue weighted by atomic mass is 79.9. The maximum atomic E-state index is 3.49. The molecule has 1 rings (SSSR count). The Hall–Kier alpha value is 0.440. The van der Waals surface area contributed by atoms with Gasteiger partial charge in [0.2, 0.25) is 0 Å². The lowest BCUT2D eigenvalue weighted by atomic mass is 10.1. The Balaban J connectivity index is 1.83. The van der Waals surface area contributed by atoms with Crippen LogP contribution in [0.4, 0.5) is 0 Å². The Labute approximate surface area is 116 Å². The zero-order valence-corrected chi connectivity index (χ0v) is 13.2. The molecular formula is C15H30BrN. The minimum Gasteiger partial charge on any atom is -0.303 e. The first-order chi connectivity index (χ1) is 8.34. The van der Waals surface area contributed by atoms with Crippen LogP contribution in [0, 0.1) is 0 Å². The molecule has 1 saturated carbocycles. The van der Waals surface area contributed by atoms with Crippen molar-refractivity contribution in [1.82, 2.24) is 4.90 Å². The van der Waals surface area contributed by atoms with Gasteiger partial charge in [0.1, 0.15) is 0 Å². The number of nitrogens with zero attached hydrogens (tertiary/aromatic N) is 1. The zero-order chi connectivity index (χ0) is 12.3. The second-order valence-corrected chi connectivity index (χ2v) is 6.38. The first-order valence-electron chi connectivity index (χ1n) is 7.61. The minimum atomic E-state index is 0.911. The van der Waals surface area contributed by atoms with Gasteiger partial charge in [-0.3, -0.25) is 0 Å². The lowest BCUT2D eigenvalue weighted by Gasteiger charge is -2.23. The fraction of sp³-hybridized carbons (Fsp3) is 1.00. The molecule has 0 bridgehead atoms. The maximum absolute atomic E-state index is 3.49. The zero-order valence-electron chi connectivity index (χ0n) is 11.6. The topological polar surface area (TPSA) is 3.24 Å². The molecule has 0 spiro atoms. The number of hydrogen-bond donors (Lipinski definition) is 0. The van der Waals surface area contributed by atoms with E-state index < -0.39 is 0 Å². The average Bonchev–Trinajstić information content (AvgIpc) is 2.86. The number of alkyl halides is 1. The van der Waals surface area contributed by atoms with E-state index in [1.807, 2.05) is 0 Å². The minimum absolute atomic E-state index is 0.911.